The van der Waals surface area contributed by atoms with Crippen LogP contribution in [0.5, 0.6) is 0 Å². The van der Waals surface area contributed by atoms with Crippen LogP contribution in [0.2, 0.25) is 0 Å². The third-order valence-electron chi connectivity index (χ3n) is 3.01. The number of nitrogens with two attached hydrogens (primary N) is 1. The first kappa shape index (κ1) is 11.4. The number of aromatic nitrogens is 6. The summed E-state index contributed by atoms with van der Waals surface area (Å²) in [6, 6.07) is 0.403. The van der Waals surface area contributed by atoms with Gasteiger partial charge in [-0.1, -0.05) is 12.8 Å². The number of nitrogens with zero attached hydrogens (tertiary/aromatic N) is 6. The molecule has 2 aromatic heterocycles. The second-order valence-electron chi connectivity index (χ2n) is 4.19. The van der Waals surface area contributed by atoms with Crippen LogP contribution in [-0.4, -0.2) is 30.2 Å². The van der Waals surface area contributed by atoms with Crippen molar-refractivity contribution in [3.05, 3.63) is 12.4 Å². The molecule has 0 atom stereocenters. The molecule has 0 aliphatic heterocycles. The van der Waals surface area contributed by atoms with E-state index in [-0.39, 0.29) is 0 Å². The zero-order chi connectivity index (χ0) is 12.4. The smallest absolute Gasteiger partial charge is 0.216 e. The Morgan fingerprint density at radius 3 is 2.78 bits per heavy atom. The van der Waals surface area contributed by atoms with Gasteiger partial charge in [0, 0.05) is 12.4 Å². The molecule has 2 aromatic rings. The Morgan fingerprint density at radius 1 is 1.22 bits per heavy atom. The van der Waals surface area contributed by atoms with Crippen LogP contribution in [0.3, 0.4) is 0 Å². The molecule has 0 radical (unpaired) electrons. The molecule has 2 N–H and O–H groups in total. The minimum atomic E-state index is 0.403. The van der Waals surface area contributed by atoms with Crippen LogP contribution in [-0.2, 0) is 0 Å². The highest BCUT2D eigenvalue weighted by Gasteiger charge is 2.22. The summed E-state index contributed by atoms with van der Waals surface area (Å²) >= 11 is 1.36. The highest BCUT2D eigenvalue weighted by atomic mass is 32.2. The maximum absolute atomic E-state index is 5.77. The lowest BCUT2D eigenvalue weighted by atomic mass is 10.3. The standard InChI is InChI=1S/C10H13N7S/c11-8-9(13-6-5-12-8)18-10-14-15-16-17(10)7-3-1-2-4-7/h5-7H,1-4H2,(H2,11,12). The Bertz CT molecular complexity index is 535. The van der Waals surface area contributed by atoms with Crippen molar-refractivity contribution in [1.29, 1.82) is 0 Å². The van der Waals surface area contributed by atoms with E-state index in [1.165, 1.54) is 24.6 Å². The molecule has 0 spiro atoms. The zero-order valence-corrected chi connectivity index (χ0v) is 10.5. The van der Waals surface area contributed by atoms with Crippen molar-refractivity contribution in [3.63, 3.8) is 0 Å². The van der Waals surface area contributed by atoms with E-state index in [1.807, 2.05) is 4.68 Å². The lowest BCUT2D eigenvalue weighted by molar-refractivity contribution is 0.423. The summed E-state index contributed by atoms with van der Waals surface area (Å²) < 4.78 is 1.88. The van der Waals surface area contributed by atoms with Gasteiger partial charge < -0.3 is 5.73 Å². The van der Waals surface area contributed by atoms with Crippen molar-refractivity contribution in [2.75, 3.05) is 5.73 Å². The fourth-order valence-corrected chi connectivity index (χ4v) is 2.93. The Labute approximate surface area is 108 Å². The molecule has 1 aliphatic rings. The minimum absolute atomic E-state index is 0.403. The lowest BCUT2D eigenvalue weighted by Gasteiger charge is -2.10. The van der Waals surface area contributed by atoms with E-state index in [0.717, 1.165) is 18.0 Å². The van der Waals surface area contributed by atoms with E-state index in [2.05, 4.69) is 25.5 Å². The van der Waals surface area contributed by atoms with E-state index < -0.39 is 0 Å². The van der Waals surface area contributed by atoms with E-state index >= 15 is 0 Å². The average molecular weight is 263 g/mol. The third-order valence-corrected chi connectivity index (χ3v) is 3.97. The maximum atomic E-state index is 5.77. The van der Waals surface area contributed by atoms with Crippen molar-refractivity contribution in [3.8, 4) is 0 Å². The number of rotatable bonds is 3. The van der Waals surface area contributed by atoms with Gasteiger partial charge in [-0.15, -0.1) is 5.10 Å². The fourth-order valence-electron chi connectivity index (χ4n) is 2.13. The van der Waals surface area contributed by atoms with Gasteiger partial charge in [-0.25, -0.2) is 14.6 Å². The van der Waals surface area contributed by atoms with E-state index in [1.54, 1.807) is 12.4 Å². The molecule has 2 heterocycles. The molecule has 1 aliphatic carbocycles. The highest BCUT2D eigenvalue weighted by Crippen LogP contribution is 2.34. The Morgan fingerprint density at radius 2 is 2.00 bits per heavy atom. The van der Waals surface area contributed by atoms with Crippen LogP contribution in [0.25, 0.3) is 0 Å². The van der Waals surface area contributed by atoms with Crippen molar-refractivity contribution in [1.82, 2.24) is 30.2 Å². The maximum Gasteiger partial charge on any atom is 0.216 e. The van der Waals surface area contributed by atoms with Crippen LogP contribution in [0.1, 0.15) is 31.7 Å². The van der Waals surface area contributed by atoms with Crippen molar-refractivity contribution < 1.29 is 0 Å². The van der Waals surface area contributed by atoms with E-state index in [4.69, 9.17) is 5.73 Å². The van der Waals surface area contributed by atoms with Gasteiger partial charge in [0.2, 0.25) is 5.16 Å². The van der Waals surface area contributed by atoms with Gasteiger partial charge in [-0.3, -0.25) is 0 Å². The fraction of sp³-hybridized carbons (Fsp3) is 0.500. The zero-order valence-electron chi connectivity index (χ0n) is 9.73. The molecular formula is C10H13N7S. The van der Waals surface area contributed by atoms with Gasteiger partial charge in [0.05, 0.1) is 6.04 Å². The summed E-state index contributed by atoms with van der Waals surface area (Å²) in [6.07, 6.45) is 7.93. The predicted octanol–water partition coefficient (Wildman–Crippen LogP) is 1.31. The molecule has 0 saturated heterocycles. The topological polar surface area (TPSA) is 95.4 Å². The van der Waals surface area contributed by atoms with Crippen molar-refractivity contribution in [2.24, 2.45) is 0 Å². The molecule has 1 saturated carbocycles. The molecule has 8 heteroatoms. The summed E-state index contributed by atoms with van der Waals surface area (Å²) in [6.45, 7) is 0. The summed E-state index contributed by atoms with van der Waals surface area (Å²) in [4.78, 5) is 8.19. The van der Waals surface area contributed by atoms with Crippen LogP contribution >= 0.6 is 11.8 Å². The van der Waals surface area contributed by atoms with Crippen LogP contribution in [0.15, 0.2) is 22.6 Å². The van der Waals surface area contributed by atoms with Gasteiger partial charge in [0.1, 0.15) is 5.03 Å². The van der Waals surface area contributed by atoms with Gasteiger partial charge in [-0.2, -0.15) is 0 Å². The molecule has 0 aromatic carbocycles. The van der Waals surface area contributed by atoms with Crippen LogP contribution in [0.4, 0.5) is 5.82 Å². The quantitative estimate of drug-likeness (QED) is 0.891. The van der Waals surface area contributed by atoms with Gasteiger partial charge in [0.15, 0.2) is 5.82 Å². The second-order valence-corrected chi connectivity index (χ2v) is 5.15. The summed E-state index contributed by atoms with van der Waals surface area (Å²) in [7, 11) is 0. The number of hydrogen-bond acceptors (Lipinski definition) is 7. The first-order valence-electron chi connectivity index (χ1n) is 5.87. The van der Waals surface area contributed by atoms with E-state index in [9.17, 15) is 0 Å². The Hall–Kier alpha value is -1.70. The first-order valence-corrected chi connectivity index (χ1v) is 6.68. The van der Waals surface area contributed by atoms with Gasteiger partial charge in [-0.05, 0) is 35.0 Å². The van der Waals surface area contributed by atoms with Gasteiger partial charge in [0.25, 0.3) is 0 Å². The molecule has 94 valence electrons. The normalized spacial score (nSPS) is 16.2. The van der Waals surface area contributed by atoms with Crippen LogP contribution in [0, 0.1) is 0 Å². The van der Waals surface area contributed by atoms with Crippen molar-refractivity contribution in [2.45, 2.75) is 41.9 Å². The SMILES string of the molecule is Nc1nccnc1Sc1nnnn1C1CCCC1. The van der Waals surface area contributed by atoms with Crippen LogP contribution < -0.4 is 5.73 Å². The predicted molar refractivity (Wildman–Crippen MR) is 65.9 cm³/mol. The summed E-state index contributed by atoms with van der Waals surface area (Å²) in [5, 5.41) is 13.2. The molecule has 0 amide bonds. The molecule has 3 rings (SSSR count). The first-order chi connectivity index (χ1) is 8.84. The number of hydrogen-bond donors (Lipinski definition) is 1. The molecule has 0 unspecified atom stereocenters. The summed E-state index contributed by atoms with van der Waals surface area (Å²) in [5.41, 5.74) is 5.77. The second kappa shape index (κ2) is 4.89. The molecule has 1 fully saturated rings. The third kappa shape index (κ3) is 2.15. The van der Waals surface area contributed by atoms with E-state index in [0.29, 0.717) is 16.9 Å². The highest BCUT2D eigenvalue weighted by molar-refractivity contribution is 7.99. The van der Waals surface area contributed by atoms with Gasteiger partial charge >= 0.3 is 0 Å². The number of tetrazole rings is 1. The number of anilines is 1. The minimum Gasteiger partial charge on any atom is -0.381 e. The Kier molecular flexibility index (Phi) is 3.09. The molecular weight excluding hydrogens is 250 g/mol. The van der Waals surface area contributed by atoms with Crippen molar-refractivity contribution >= 4 is 17.6 Å². The monoisotopic (exact) mass is 263 g/mol. The summed E-state index contributed by atoms with van der Waals surface area (Å²) in [5.74, 6) is 0.406. The lowest BCUT2D eigenvalue weighted by Crippen LogP contribution is -2.08. The Balaban J connectivity index is 1.85. The molecule has 7 nitrogen and oxygen atoms in total. The average Bonchev–Trinajstić information content (AvgIpc) is 3.02. The largest absolute Gasteiger partial charge is 0.381 e. The number of nitrogen functional groups attached to an aromatic ring is 1. The molecule has 18 heavy (non-hydrogen) atoms. The molecule has 0 bridgehead atoms.